The highest BCUT2D eigenvalue weighted by Gasteiger charge is 2.23. The van der Waals surface area contributed by atoms with Gasteiger partial charge < -0.3 is 15.2 Å². The standard InChI is InChI=1S/C27H33N3O2/c1-28-26(31)12-10-20-6-8-21(9-7-20)18-22-14-16-30(17-15-22)27(32)13-11-23-19-29-25-5-3-2-4-24(23)25/h2-9,19,22,29H,10-18H2,1H3,(H,28,31). The van der Waals surface area contributed by atoms with E-state index in [0.717, 1.165) is 50.7 Å². The number of amides is 2. The van der Waals surface area contributed by atoms with Gasteiger partial charge in [-0.15, -0.1) is 0 Å². The van der Waals surface area contributed by atoms with Crippen LogP contribution in [0.15, 0.2) is 54.7 Å². The molecular weight excluding hydrogens is 398 g/mol. The minimum Gasteiger partial charge on any atom is -0.361 e. The third kappa shape index (κ3) is 5.58. The number of para-hydroxylation sites is 1. The van der Waals surface area contributed by atoms with Gasteiger partial charge >= 0.3 is 0 Å². The Bertz CT molecular complexity index is 1050. The molecule has 32 heavy (non-hydrogen) atoms. The summed E-state index contributed by atoms with van der Waals surface area (Å²) < 4.78 is 0. The number of aryl methyl sites for hydroxylation is 2. The van der Waals surface area contributed by atoms with E-state index in [9.17, 15) is 9.59 Å². The molecule has 1 fully saturated rings. The van der Waals surface area contributed by atoms with Crippen LogP contribution in [0.2, 0.25) is 0 Å². The molecule has 0 aliphatic carbocycles. The molecule has 0 bridgehead atoms. The summed E-state index contributed by atoms with van der Waals surface area (Å²) in [5.41, 5.74) is 4.91. The Labute approximate surface area is 190 Å². The lowest BCUT2D eigenvalue weighted by Gasteiger charge is -2.32. The minimum absolute atomic E-state index is 0.0804. The molecule has 1 aromatic heterocycles. The first kappa shape index (κ1) is 22.1. The van der Waals surface area contributed by atoms with E-state index >= 15 is 0 Å². The van der Waals surface area contributed by atoms with Crippen LogP contribution in [-0.2, 0) is 28.9 Å². The van der Waals surface area contributed by atoms with Gasteiger partial charge in [0, 0.05) is 50.1 Å². The third-order valence-corrected chi connectivity index (χ3v) is 6.72. The highest BCUT2D eigenvalue weighted by atomic mass is 16.2. The number of hydrogen-bond acceptors (Lipinski definition) is 2. The Morgan fingerprint density at radius 2 is 1.69 bits per heavy atom. The molecule has 168 valence electrons. The third-order valence-electron chi connectivity index (χ3n) is 6.72. The van der Waals surface area contributed by atoms with E-state index in [0.29, 0.717) is 18.8 Å². The van der Waals surface area contributed by atoms with Crippen molar-refractivity contribution in [3.63, 3.8) is 0 Å². The molecule has 3 aromatic rings. The van der Waals surface area contributed by atoms with E-state index < -0.39 is 0 Å². The van der Waals surface area contributed by atoms with Crippen molar-refractivity contribution in [2.24, 2.45) is 5.92 Å². The van der Waals surface area contributed by atoms with Crippen LogP contribution < -0.4 is 5.32 Å². The summed E-state index contributed by atoms with van der Waals surface area (Å²) in [6.45, 7) is 1.73. The summed E-state index contributed by atoms with van der Waals surface area (Å²) in [5, 5.41) is 3.89. The van der Waals surface area contributed by atoms with Crippen molar-refractivity contribution in [3.05, 3.63) is 71.4 Å². The average molecular weight is 432 g/mol. The summed E-state index contributed by atoms with van der Waals surface area (Å²) >= 11 is 0. The first-order chi connectivity index (χ1) is 15.6. The molecule has 1 aliphatic rings. The maximum atomic E-state index is 12.8. The fraction of sp³-hybridized carbons (Fsp3) is 0.407. The van der Waals surface area contributed by atoms with E-state index in [1.54, 1.807) is 7.05 Å². The van der Waals surface area contributed by atoms with Gasteiger partial charge in [-0.1, -0.05) is 42.5 Å². The SMILES string of the molecule is CNC(=O)CCc1ccc(CC2CCN(C(=O)CCc3c[nH]c4ccccc34)CC2)cc1. The molecule has 2 N–H and O–H groups in total. The molecule has 2 aromatic carbocycles. The molecule has 0 unspecified atom stereocenters. The van der Waals surface area contributed by atoms with E-state index in [4.69, 9.17) is 0 Å². The molecule has 2 heterocycles. The second-order valence-corrected chi connectivity index (χ2v) is 8.88. The molecule has 2 amide bonds. The highest BCUT2D eigenvalue weighted by Crippen LogP contribution is 2.24. The van der Waals surface area contributed by atoms with Gasteiger partial charge in [-0.25, -0.2) is 0 Å². The van der Waals surface area contributed by atoms with E-state index in [1.165, 1.54) is 22.1 Å². The lowest BCUT2D eigenvalue weighted by Crippen LogP contribution is -2.39. The Morgan fingerprint density at radius 1 is 0.969 bits per heavy atom. The Morgan fingerprint density at radius 3 is 2.44 bits per heavy atom. The summed E-state index contributed by atoms with van der Waals surface area (Å²) in [6.07, 6.45) is 7.90. The number of carbonyl (C=O) groups excluding carboxylic acids is 2. The predicted octanol–water partition coefficient (Wildman–Crippen LogP) is 4.26. The molecule has 0 spiro atoms. The van der Waals surface area contributed by atoms with Crippen molar-refractivity contribution in [2.45, 2.75) is 44.9 Å². The van der Waals surface area contributed by atoms with Crippen molar-refractivity contribution in [2.75, 3.05) is 20.1 Å². The molecule has 1 saturated heterocycles. The number of nitrogens with zero attached hydrogens (tertiary/aromatic N) is 1. The number of likely N-dealkylation sites (tertiary alicyclic amines) is 1. The van der Waals surface area contributed by atoms with Crippen LogP contribution in [0, 0.1) is 5.92 Å². The number of rotatable bonds is 8. The van der Waals surface area contributed by atoms with Crippen LogP contribution >= 0.6 is 0 Å². The highest BCUT2D eigenvalue weighted by molar-refractivity contribution is 5.84. The number of fused-ring (bicyclic) bond motifs is 1. The van der Waals surface area contributed by atoms with Crippen LogP contribution in [0.25, 0.3) is 10.9 Å². The maximum absolute atomic E-state index is 12.8. The molecule has 4 rings (SSSR count). The van der Waals surface area contributed by atoms with Crippen LogP contribution in [0.1, 0.15) is 42.4 Å². The Kier molecular flexibility index (Phi) is 7.25. The van der Waals surface area contributed by atoms with Crippen molar-refractivity contribution in [1.82, 2.24) is 15.2 Å². The molecule has 5 heteroatoms. The van der Waals surface area contributed by atoms with Gasteiger partial charge in [0.15, 0.2) is 0 Å². The fourth-order valence-electron chi connectivity index (χ4n) is 4.68. The number of piperidine rings is 1. The van der Waals surface area contributed by atoms with Gasteiger partial charge in [0.25, 0.3) is 0 Å². The number of benzene rings is 2. The van der Waals surface area contributed by atoms with Crippen molar-refractivity contribution >= 4 is 22.7 Å². The number of H-pyrrole nitrogens is 1. The Balaban J connectivity index is 1.21. The van der Waals surface area contributed by atoms with Gasteiger partial charge in [-0.3, -0.25) is 9.59 Å². The summed E-state index contributed by atoms with van der Waals surface area (Å²) in [5.74, 6) is 0.982. The zero-order valence-electron chi connectivity index (χ0n) is 18.9. The van der Waals surface area contributed by atoms with Crippen LogP contribution in [0.4, 0.5) is 0 Å². The van der Waals surface area contributed by atoms with Crippen molar-refractivity contribution < 1.29 is 9.59 Å². The zero-order chi connectivity index (χ0) is 22.3. The first-order valence-corrected chi connectivity index (χ1v) is 11.7. The number of aromatic nitrogens is 1. The average Bonchev–Trinajstić information content (AvgIpc) is 3.25. The molecule has 0 atom stereocenters. The van der Waals surface area contributed by atoms with Gasteiger partial charge in [0.2, 0.25) is 11.8 Å². The topological polar surface area (TPSA) is 65.2 Å². The van der Waals surface area contributed by atoms with Gasteiger partial charge in [0.05, 0.1) is 0 Å². The van der Waals surface area contributed by atoms with Crippen LogP contribution in [0.5, 0.6) is 0 Å². The molecule has 1 aliphatic heterocycles. The summed E-state index contributed by atoms with van der Waals surface area (Å²) in [4.78, 5) is 29.5. The predicted molar refractivity (Wildman–Crippen MR) is 128 cm³/mol. The van der Waals surface area contributed by atoms with Crippen LogP contribution in [0.3, 0.4) is 0 Å². The van der Waals surface area contributed by atoms with Crippen LogP contribution in [-0.4, -0.2) is 41.8 Å². The van der Waals surface area contributed by atoms with Crippen molar-refractivity contribution in [1.29, 1.82) is 0 Å². The maximum Gasteiger partial charge on any atom is 0.222 e. The lowest BCUT2D eigenvalue weighted by molar-refractivity contribution is -0.132. The van der Waals surface area contributed by atoms with Crippen molar-refractivity contribution in [3.8, 4) is 0 Å². The van der Waals surface area contributed by atoms with Gasteiger partial charge in [0.1, 0.15) is 0 Å². The second kappa shape index (κ2) is 10.5. The van der Waals surface area contributed by atoms with E-state index in [2.05, 4.69) is 46.7 Å². The molecular formula is C27H33N3O2. The number of hydrogen-bond donors (Lipinski definition) is 2. The first-order valence-electron chi connectivity index (χ1n) is 11.7. The fourth-order valence-corrected chi connectivity index (χ4v) is 4.68. The summed E-state index contributed by atoms with van der Waals surface area (Å²) in [6, 6.07) is 16.9. The second-order valence-electron chi connectivity index (χ2n) is 8.88. The number of nitrogens with one attached hydrogen (secondary N) is 2. The smallest absolute Gasteiger partial charge is 0.222 e. The monoisotopic (exact) mass is 431 g/mol. The molecule has 0 radical (unpaired) electrons. The zero-order valence-corrected chi connectivity index (χ0v) is 18.9. The minimum atomic E-state index is 0.0804. The van der Waals surface area contributed by atoms with E-state index in [-0.39, 0.29) is 11.8 Å². The largest absolute Gasteiger partial charge is 0.361 e. The van der Waals surface area contributed by atoms with Gasteiger partial charge in [-0.05, 0) is 60.8 Å². The van der Waals surface area contributed by atoms with E-state index in [1.807, 2.05) is 23.2 Å². The molecule has 5 nitrogen and oxygen atoms in total. The number of aromatic amines is 1. The quantitative estimate of drug-likeness (QED) is 0.560. The normalized spacial score (nSPS) is 14.6. The Hall–Kier alpha value is -3.08. The van der Waals surface area contributed by atoms with Gasteiger partial charge in [-0.2, -0.15) is 0 Å². The summed E-state index contributed by atoms with van der Waals surface area (Å²) in [7, 11) is 1.67. The number of carbonyl (C=O) groups is 2. The lowest BCUT2D eigenvalue weighted by atomic mass is 9.89. The molecule has 0 saturated carbocycles.